The van der Waals surface area contributed by atoms with E-state index < -0.39 is 0 Å². The summed E-state index contributed by atoms with van der Waals surface area (Å²) in [6.45, 7) is 3.64. The van der Waals surface area contributed by atoms with Gasteiger partial charge in [0.2, 0.25) is 0 Å². The number of nitrogens with two attached hydrogens (primary N) is 1. The summed E-state index contributed by atoms with van der Waals surface area (Å²) >= 11 is 0. The molecule has 0 saturated carbocycles. The summed E-state index contributed by atoms with van der Waals surface area (Å²) in [5.41, 5.74) is 7.13. The van der Waals surface area contributed by atoms with Crippen LogP contribution in [0.2, 0.25) is 0 Å². The summed E-state index contributed by atoms with van der Waals surface area (Å²) < 4.78 is 18.2. The first kappa shape index (κ1) is 15.6. The molecule has 0 spiro atoms. The number of benzene rings is 1. The molecule has 2 N–H and O–H groups in total. The number of halogens is 1. The van der Waals surface area contributed by atoms with E-state index in [-0.39, 0.29) is 11.8 Å². The van der Waals surface area contributed by atoms with Crippen molar-refractivity contribution in [3.8, 4) is 0 Å². The van der Waals surface area contributed by atoms with Crippen LogP contribution in [-0.2, 0) is 22.6 Å². The van der Waals surface area contributed by atoms with Crippen LogP contribution in [0.25, 0.3) is 0 Å². The number of hydrogen-bond acceptors (Lipinski definition) is 4. The number of esters is 1. The summed E-state index contributed by atoms with van der Waals surface area (Å²) in [7, 11) is 1.88. The highest BCUT2D eigenvalue weighted by molar-refractivity contribution is 5.69. The van der Waals surface area contributed by atoms with E-state index in [1.165, 1.54) is 12.1 Å². The van der Waals surface area contributed by atoms with Crippen molar-refractivity contribution in [3.63, 3.8) is 0 Å². The first-order chi connectivity index (χ1) is 9.05. The van der Waals surface area contributed by atoms with Crippen LogP contribution in [-0.4, -0.2) is 31.1 Å². The van der Waals surface area contributed by atoms with Crippen LogP contribution < -0.4 is 5.73 Å². The molecule has 0 fully saturated rings. The predicted molar refractivity (Wildman–Crippen MR) is 71.9 cm³/mol. The Morgan fingerprint density at radius 3 is 2.68 bits per heavy atom. The number of carbonyl (C=O) groups excluding carboxylic acids is 1. The summed E-state index contributed by atoms with van der Waals surface area (Å²) in [4.78, 5) is 13.2. The number of hydrogen-bond donors (Lipinski definition) is 1. The quantitative estimate of drug-likeness (QED) is 0.764. The van der Waals surface area contributed by atoms with Crippen LogP contribution in [0, 0.1) is 5.82 Å². The van der Waals surface area contributed by atoms with Gasteiger partial charge in [0.1, 0.15) is 5.82 Å². The first-order valence-electron chi connectivity index (χ1n) is 6.37. The maximum absolute atomic E-state index is 13.3. The molecule has 0 aliphatic heterocycles. The van der Waals surface area contributed by atoms with Crippen LogP contribution in [0.3, 0.4) is 0 Å². The Labute approximate surface area is 113 Å². The molecule has 1 aromatic carbocycles. The monoisotopic (exact) mass is 268 g/mol. The van der Waals surface area contributed by atoms with Crippen molar-refractivity contribution in [1.29, 1.82) is 0 Å². The second kappa shape index (κ2) is 7.86. The second-order valence-electron chi connectivity index (χ2n) is 4.46. The molecule has 19 heavy (non-hydrogen) atoms. The zero-order chi connectivity index (χ0) is 14.3. The molecule has 1 rings (SSSR count). The van der Waals surface area contributed by atoms with Crippen LogP contribution in [0.1, 0.15) is 24.5 Å². The summed E-state index contributed by atoms with van der Waals surface area (Å²) in [5, 5.41) is 0. The van der Waals surface area contributed by atoms with Crippen molar-refractivity contribution in [2.24, 2.45) is 5.73 Å². The van der Waals surface area contributed by atoms with E-state index in [2.05, 4.69) is 0 Å². The molecule has 0 bridgehead atoms. The van der Waals surface area contributed by atoms with E-state index in [9.17, 15) is 9.18 Å². The lowest BCUT2D eigenvalue weighted by molar-refractivity contribution is -0.143. The SMILES string of the molecule is CCOC(=O)CCN(C)Cc1cc(F)cc(CN)c1. The van der Waals surface area contributed by atoms with Crippen LogP contribution in [0.5, 0.6) is 0 Å². The van der Waals surface area contributed by atoms with Gasteiger partial charge < -0.3 is 15.4 Å². The summed E-state index contributed by atoms with van der Waals surface area (Å²) in [6, 6.07) is 4.80. The fraction of sp³-hybridized carbons (Fsp3) is 0.500. The fourth-order valence-electron chi connectivity index (χ4n) is 1.83. The highest BCUT2D eigenvalue weighted by Crippen LogP contribution is 2.11. The number of nitrogens with zero attached hydrogens (tertiary/aromatic N) is 1. The molecule has 0 aromatic heterocycles. The van der Waals surface area contributed by atoms with Gasteiger partial charge in [-0.1, -0.05) is 6.07 Å². The molecule has 0 radical (unpaired) electrons. The Hall–Kier alpha value is -1.46. The van der Waals surface area contributed by atoms with Crippen molar-refractivity contribution in [2.45, 2.75) is 26.4 Å². The minimum absolute atomic E-state index is 0.212. The molecule has 1 aromatic rings. The molecule has 0 unspecified atom stereocenters. The molecule has 0 amide bonds. The number of carbonyl (C=O) groups is 1. The van der Waals surface area contributed by atoms with E-state index in [0.717, 1.165) is 11.1 Å². The van der Waals surface area contributed by atoms with Crippen molar-refractivity contribution >= 4 is 5.97 Å². The lowest BCUT2D eigenvalue weighted by Crippen LogP contribution is -2.22. The van der Waals surface area contributed by atoms with Gasteiger partial charge >= 0.3 is 5.97 Å². The zero-order valence-corrected chi connectivity index (χ0v) is 11.5. The third-order valence-corrected chi connectivity index (χ3v) is 2.71. The molecule has 4 nitrogen and oxygen atoms in total. The predicted octanol–water partition coefficient (Wildman–Crippen LogP) is 1.67. The van der Waals surface area contributed by atoms with Gasteiger partial charge in [0, 0.05) is 19.6 Å². The molecule has 0 saturated heterocycles. The minimum atomic E-state index is -0.281. The Morgan fingerprint density at radius 1 is 1.37 bits per heavy atom. The highest BCUT2D eigenvalue weighted by atomic mass is 19.1. The lowest BCUT2D eigenvalue weighted by atomic mass is 10.1. The van der Waals surface area contributed by atoms with Crippen LogP contribution >= 0.6 is 0 Å². The van der Waals surface area contributed by atoms with Crippen LogP contribution in [0.15, 0.2) is 18.2 Å². The van der Waals surface area contributed by atoms with Gasteiger partial charge in [-0.2, -0.15) is 0 Å². The van der Waals surface area contributed by atoms with E-state index >= 15 is 0 Å². The molecule has 0 aliphatic carbocycles. The van der Waals surface area contributed by atoms with Gasteiger partial charge in [-0.15, -0.1) is 0 Å². The number of rotatable bonds is 7. The number of ether oxygens (including phenoxy) is 1. The van der Waals surface area contributed by atoms with Crippen LogP contribution in [0.4, 0.5) is 4.39 Å². The Morgan fingerprint density at radius 2 is 2.05 bits per heavy atom. The van der Waals surface area contributed by atoms with E-state index in [4.69, 9.17) is 10.5 Å². The smallest absolute Gasteiger partial charge is 0.307 e. The Bertz CT molecular complexity index is 424. The molecule has 0 aliphatic rings. The maximum atomic E-state index is 13.3. The van der Waals surface area contributed by atoms with Crippen molar-refractivity contribution < 1.29 is 13.9 Å². The van der Waals surface area contributed by atoms with E-state index in [1.54, 1.807) is 6.92 Å². The molecule has 0 atom stereocenters. The van der Waals surface area contributed by atoms with Gasteiger partial charge in [-0.25, -0.2) is 4.39 Å². The van der Waals surface area contributed by atoms with Gasteiger partial charge in [-0.3, -0.25) is 4.79 Å². The Kier molecular flexibility index (Phi) is 6.45. The van der Waals surface area contributed by atoms with Gasteiger partial charge in [-0.05, 0) is 37.2 Å². The van der Waals surface area contributed by atoms with Gasteiger partial charge in [0.05, 0.1) is 13.0 Å². The van der Waals surface area contributed by atoms with E-state index in [0.29, 0.717) is 32.7 Å². The maximum Gasteiger partial charge on any atom is 0.307 e. The lowest BCUT2D eigenvalue weighted by Gasteiger charge is -2.16. The third kappa shape index (κ3) is 5.81. The fourth-order valence-corrected chi connectivity index (χ4v) is 1.83. The average molecular weight is 268 g/mol. The largest absolute Gasteiger partial charge is 0.466 e. The molecule has 5 heteroatoms. The van der Waals surface area contributed by atoms with Crippen molar-refractivity contribution in [2.75, 3.05) is 20.2 Å². The standard InChI is InChI=1S/C14H21FN2O2/c1-3-19-14(18)4-5-17(2)10-12-6-11(9-16)7-13(15)8-12/h6-8H,3-5,9-10,16H2,1-2H3. The molecule has 106 valence electrons. The van der Waals surface area contributed by atoms with Gasteiger partial charge in [0.25, 0.3) is 0 Å². The molecule has 0 heterocycles. The molecular formula is C14H21FN2O2. The van der Waals surface area contributed by atoms with Gasteiger partial charge in [0.15, 0.2) is 0 Å². The minimum Gasteiger partial charge on any atom is -0.466 e. The van der Waals surface area contributed by atoms with Crippen molar-refractivity contribution in [3.05, 3.63) is 35.1 Å². The Balaban J connectivity index is 2.49. The summed E-state index contributed by atoms with van der Waals surface area (Å²) in [5.74, 6) is -0.493. The topological polar surface area (TPSA) is 55.6 Å². The van der Waals surface area contributed by atoms with E-state index in [1.807, 2.05) is 18.0 Å². The average Bonchev–Trinajstić information content (AvgIpc) is 2.36. The normalized spacial score (nSPS) is 10.8. The first-order valence-corrected chi connectivity index (χ1v) is 6.37. The highest BCUT2D eigenvalue weighted by Gasteiger charge is 2.07. The zero-order valence-electron chi connectivity index (χ0n) is 11.5. The van der Waals surface area contributed by atoms with Crippen molar-refractivity contribution in [1.82, 2.24) is 4.90 Å². The second-order valence-corrected chi connectivity index (χ2v) is 4.46. The third-order valence-electron chi connectivity index (χ3n) is 2.71. The summed E-state index contributed by atoms with van der Waals surface area (Å²) in [6.07, 6.45) is 0.337. The molecular weight excluding hydrogens is 247 g/mol.